The van der Waals surface area contributed by atoms with Gasteiger partial charge in [0.25, 0.3) is 11.5 Å². The van der Waals surface area contributed by atoms with Crippen LogP contribution >= 0.6 is 22.7 Å². The SMILES string of the molecule is CCn1ccc(/C=c2\sc3n(c2=O)C(c2cccs2)C(C(=O)Nc2ccccc2)=C(C)N=3)n1. The van der Waals surface area contributed by atoms with Gasteiger partial charge in [-0.1, -0.05) is 35.6 Å². The van der Waals surface area contributed by atoms with Gasteiger partial charge >= 0.3 is 0 Å². The van der Waals surface area contributed by atoms with Crippen LogP contribution in [0.5, 0.6) is 0 Å². The topological polar surface area (TPSA) is 81.3 Å². The molecule has 1 aliphatic heterocycles. The molecule has 0 fully saturated rings. The number of anilines is 1. The van der Waals surface area contributed by atoms with E-state index in [9.17, 15) is 9.59 Å². The van der Waals surface area contributed by atoms with Gasteiger partial charge in [-0.15, -0.1) is 11.3 Å². The Kier molecular flexibility index (Phi) is 5.65. The summed E-state index contributed by atoms with van der Waals surface area (Å²) in [5.74, 6) is -0.267. The van der Waals surface area contributed by atoms with E-state index in [0.29, 0.717) is 32.0 Å². The van der Waals surface area contributed by atoms with Gasteiger partial charge in [-0.2, -0.15) is 5.10 Å². The molecule has 1 aromatic carbocycles. The number of aromatic nitrogens is 3. The maximum absolute atomic E-state index is 13.5. The monoisotopic (exact) mass is 475 g/mol. The Labute approximate surface area is 197 Å². The van der Waals surface area contributed by atoms with Crippen molar-refractivity contribution in [3.8, 4) is 0 Å². The van der Waals surface area contributed by atoms with E-state index in [1.54, 1.807) is 10.6 Å². The Balaban J connectivity index is 1.64. The highest BCUT2D eigenvalue weighted by Crippen LogP contribution is 2.33. The molecule has 1 amide bonds. The summed E-state index contributed by atoms with van der Waals surface area (Å²) < 4.78 is 3.98. The maximum Gasteiger partial charge on any atom is 0.271 e. The Bertz CT molecular complexity index is 1530. The zero-order valence-electron chi connectivity index (χ0n) is 18.1. The van der Waals surface area contributed by atoms with Gasteiger partial charge in [-0.05, 0) is 49.6 Å². The van der Waals surface area contributed by atoms with Crippen molar-refractivity contribution in [3.63, 3.8) is 0 Å². The zero-order chi connectivity index (χ0) is 22.9. The molecule has 0 bridgehead atoms. The third-order valence-electron chi connectivity index (χ3n) is 5.37. The van der Waals surface area contributed by atoms with E-state index in [4.69, 9.17) is 0 Å². The Morgan fingerprint density at radius 3 is 2.70 bits per heavy atom. The van der Waals surface area contributed by atoms with Gasteiger partial charge < -0.3 is 5.32 Å². The number of amides is 1. The molecule has 0 aliphatic carbocycles. The first-order chi connectivity index (χ1) is 16.0. The fourth-order valence-electron chi connectivity index (χ4n) is 3.81. The Morgan fingerprint density at radius 2 is 2.00 bits per heavy atom. The van der Waals surface area contributed by atoms with Crippen molar-refractivity contribution in [2.45, 2.75) is 26.4 Å². The third-order valence-corrected chi connectivity index (χ3v) is 7.28. The van der Waals surface area contributed by atoms with E-state index in [0.717, 1.165) is 11.4 Å². The number of benzene rings is 1. The first-order valence-electron chi connectivity index (χ1n) is 10.5. The Morgan fingerprint density at radius 1 is 1.18 bits per heavy atom. The lowest BCUT2D eigenvalue weighted by Gasteiger charge is -2.24. The molecule has 0 saturated heterocycles. The molecule has 4 aromatic rings. The second-order valence-electron chi connectivity index (χ2n) is 7.51. The molecule has 9 heteroatoms. The van der Waals surface area contributed by atoms with Crippen LogP contribution in [0.15, 0.2) is 81.2 Å². The molecular weight excluding hydrogens is 454 g/mol. The van der Waals surface area contributed by atoms with Crippen LogP contribution in [0, 0.1) is 0 Å². The molecule has 166 valence electrons. The number of hydrogen-bond acceptors (Lipinski definition) is 6. The van der Waals surface area contributed by atoms with Crippen LogP contribution < -0.4 is 20.2 Å². The summed E-state index contributed by atoms with van der Waals surface area (Å²) in [6.07, 6.45) is 3.66. The van der Waals surface area contributed by atoms with Crippen LogP contribution in [0.1, 0.15) is 30.5 Å². The van der Waals surface area contributed by atoms with E-state index < -0.39 is 6.04 Å². The van der Waals surface area contributed by atoms with Crippen molar-refractivity contribution in [1.29, 1.82) is 0 Å². The Hall–Kier alpha value is -3.56. The number of aryl methyl sites for hydroxylation is 1. The summed E-state index contributed by atoms with van der Waals surface area (Å²) in [6, 6.07) is 14.5. The lowest BCUT2D eigenvalue weighted by Crippen LogP contribution is -2.40. The number of fused-ring (bicyclic) bond motifs is 1. The van der Waals surface area contributed by atoms with Gasteiger partial charge in [0, 0.05) is 23.3 Å². The molecule has 1 unspecified atom stereocenters. The molecule has 7 nitrogen and oxygen atoms in total. The van der Waals surface area contributed by atoms with Crippen LogP contribution in [-0.4, -0.2) is 20.3 Å². The molecule has 4 heterocycles. The van der Waals surface area contributed by atoms with Crippen LogP contribution in [0.25, 0.3) is 6.08 Å². The fraction of sp³-hybridized carbons (Fsp3) is 0.167. The molecular formula is C24H21N5O2S2. The first-order valence-corrected chi connectivity index (χ1v) is 12.2. The molecule has 0 radical (unpaired) electrons. The third kappa shape index (κ3) is 4.01. The normalized spacial score (nSPS) is 15.9. The van der Waals surface area contributed by atoms with Crippen LogP contribution in [-0.2, 0) is 11.3 Å². The highest BCUT2D eigenvalue weighted by molar-refractivity contribution is 7.10. The molecule has 1 atom stereocenters. The van der Waals surface area contributed by atoms with Crippen LogP contribution in [0.4, 0.5) is 5.69 Å². The molecule has 0 saturated carbocycles. The number of para-hydroxylation sites is 1. The summed E-state index contributed by atoms with van der Waals surface area (Å²) in [5, 5.41) is 9.37. The molecule has 1 aliphatic rings. The number of carbonyl (C=O) groups excluding carboxylic acids is 1. The minimum absolute atomic E-state index is 0.180. The predicted molar refractivity (Wildman–Crippen MR) is 131 cm³/mol. The number of hydrogen-bond donors (Lipinski definition) is 1. The maximum atomic E-state index is 13.5. The van der Waals surface area contributed by atoms with Crippen LogP contribution in [0.3, 0.4) is 0 Å². The zero-order valence-corrected chi connectivity index (χ0v) is 19.7. The largest absolute Gasteiger partial charge is 0.322 e. The minimum Gasteiger partial charge on any atom is -0.322 e. The van der Waals surface area contributed by atoms with Gasteiger partial charge in [0.15, 0.2) is 4.80 Å². The quantitative estimate of drug-likeness (QED) is 0.482. The number of nitrogens with one attached hydrogen (secondary N) is 1. The molecule has 3 aromatic heterocycles. The second kappa shape index (κ2) is 8.76. The number of thiazole rings is 1. The van der Waals surface area contributed by atoms with E-state index in [-0.39, 0.29) is 11.5 Å². The van der Waals surface area contributed by atoms with Crippen molar-refractivity contribution in [2.75, 3.05) is 5.32 Å². The number of nitrogens with zero attached hydrogens (tertiary/aromatic N) is 4. The smallest absolute Gasteiger partial charge is 0.271 e. The molecule has 5 rings (SSSR count). The summed E-state index contributed by atoms with van der Waals surface area (Å²) in [7, 11) is 0. The van der Waals surface area contributed by atoms with E-state index in [1.807, 2.05) is 78.6 Å². The minimum atomic E-state index is -0.541. The van der Waals surface area contributed by atoms with E-state index in [1.165, 1.54) is 22.7 Å². The highest BCUT2D eigenvalue weighted by Gasteiger charge is 2.33. The number of rotatable bonds is 5. The predicted octanol–water partition coefficient (Wildman–Crippen LogP) is 3.15. The molecule has 1 N–H and O–H groups in total. The summed E-state index contributed by atoms with van der Waals surface area (Å²) in [5.41, 5.74) is 2.30. The van der Waals surface area contributed by atoms with Gasteiger partial charge in [-0.25, -0.2) is 4.99 Å². The van der Waals surface area contributed by atoms with Crippen LogP contribution in [0.2, 0.25) is 0 Å². The fourth-order valence-corrected chi connectivity index (χ4v) is 5.67. The second-order valence-corrected chi connectivity index (χ2v) is 9.50. The molecule has 33 heavy (non-hydrogen) atoms. The van der Waals surface area contributed by atoms with E-state index >= 15 is 0 Å². The van der Waals surface area contributed by atoms with Crippen molar-refractivity contribution in [1.82, 2.24) is 14.3 Å². The summed E-state index contributed by atoms with van der Waals surface area (Å²) in [6.45, 7) is 4.59. The van der Waals surface area contributed by atoms with Gasteiger partial charge in [0.05, 0.1) is 21.5 Å². The first kappa shape index (κ1) is 21.3. The lowest BCUT2D eigenvalue weighted by atomic mass is 10.0. The number of allylic oxidation sites excluding steroid dienone is 1. The van der Waals surface area contributed by atoms with Crippen molar-refractivity contribution in [3.05, 3.63) is 102 Å². The lowest BCUT2D eigenvalue weighted by molar-refractivity contribution is -0.113. The summed E-state index contributed by atoms with van der Waals surface area (Å²) >= 11 is 2.83. The van der Waals surface area contributed by atoms with Crippen molar-refractivity contribution >= 4 is 40.3 Å². The average Bonchev–Trinajstić information content (AvgIpc) is 3.55. The average molecular weight is 476 g/mol. The van der Waals surface area contributed by atoms with Gasteiger partial charge in [0.2, 0.25) is 0 Å². The van der Waals surface area contributed by atoms with E-state index in [2.05, 4.69) is 15.4 Å². The van der Waals surface area contributed by atoms with Gasteiger partial charge in [-0.3, -0.25) is 18.8 Å². The summed E-state index contributed by atoms with van der Waals surface area (Å²) in [4.78, 5) is 33.1. The standard InChI is InChI=1S/C24H21N5O2S2/c1-3-28-12-11-17(27-28)14-19-23(31)29-21(18-10-7-13-32-18)20(15(2)25-24(29)33-19)22(30)26-16-8-5-4-6-9-16/h4-14,21H,3H2,1-2H3,(H,26,30)/b19-14-. The molecule has 0 spiro atoms. The number of thiophene rings is 1. The van der Waals surface area contributed by atoms with Crippen molar-refractivity contribution in [2.24, 2.45) is 4.99 Å². The number of carbonyl (C=O) groups is 1. The van der Waals surface area contributed by atoms with Gasteiger partial charge in [0.1, 0.15) is 6.04 Å². The van der Waals surface area contributed by atoms with Crippen molar-refractivity contribution < 1.29 is 4.79 Å². The highest BCUT2D eigenvalue weighted by atomic mass is 32.1.